The van der Waals surface area contributed by atoms with E-state index in [-0.39, 0.29) is 16.1 Å². The lowest BCUT2D eigenvalue weighted by atomic mass is 10.2. The SMILES string of the molecule is Cc1ccc(S(=O)(=O)Nc2ccc(SC(C)C(=O)Nc3cccc(Cl)c3C)cc2)cc1. The number of benzene rings is 3. The van der Waals surface area contributed by atoms with Crippen molar-refractivity contribution in [2.45, 2.75) is 35.8 Å². The first kappa shape index (κ1) is 23.2. The summed E-state index contributed by atoms with van der Waals surface area (Å²) < 4.78 is 27.6. The van der Waals surface area contributed by atoms with Gasteiger partial charge in [-0.2, -0.15) is 0 Å². The summed E-state index contributed by atoms with van der Waals surface area (Å²) >= 11 is 7.49. The molecule has 0 spiro atoms. The first-order valence-corrected chi connectivity index (χ1v) is 12.3. The lowest BCUT2D eigenvalue weighted by Gasteiger charge is -2.14. The Kier molecular flexibility index (Phi) is 7.30. The van der Waals surface area contributed by atoms with E-state index in [9.17, 15) is 13.2 Å². The van der Waals surface area contributed by atoms with E-state index in [0.29, 0.717) is 16.4 Å². The highest BCUT2D eigenvalue weighted by atomic mass is 35.5. The number of anilines is 2. The maximum Gasteiger partial charge on any atom is 0.261 e. The quantitative estimate of drug-likeness (QED) is 0.419. The van der Waals surface area contributed by atoms with Gasteiger partial charge in [0.1, 0.15) is 0 Å². The Labute approximate surface area is 192 Å². The second-order valence-corrected chi connectivity index (χ2v) is 10.6. The van der Waals surface area contributed by atoms with Gasteiger partial charge in [0.2, 0.25) is 5.91 Å². The minimum atomic E-state index is -3.65. The summed E-state index contributed by atoms with van der Waals surface area (Å²) in [6.45, 7) is 5.57. The average Bonchev–Trinajstić information content (AvgIpc) is 2.73. The van der Waals surface area contributed by atoms with Gasteiger partial charge in [0.15, 0.2) is 0 Å². The van der Waals surface area contributed by atoms with Crippen molar-refractivity contribution >= 4 is 50.7 Å². The Morgan fingerprint density at radius 3 is 2.26 bits per heavy atom. The molecule has 5 nitrogen and oxygen atoms in total. The molecule has 0 aromatic heterocycles. The number of sulfonamides is 1. The van der Waals surface area contributed by atoms with Crippen molar-refractivity contribution < 1.29 is 13.2 Å². The molecule has 3 aromatic carbocycles. The molecule has 0 fully saturated rings. The Morgan fingerprint density at radius 2 is 1.61 bits per heavy atom. The zero-order valence-electron chi connectivity index (χ0n) is 17.3. The first-order chi connectivity index (χ1) is 14.7. The number of thioether (sulfide) groups is 1. The predicted octanol–water partition coefficient (Wildman–Crippen LogP) is 5.88. The lowest BCUT2D eigenvalue weighted by molar-refractivity contribution is -0.115. The van der Waals surface area contributed by atoms with E-state index in [2.05, 4.69) is 10.0 Å². The molecule has 0 saturated heterocycles. The third-order valence-electron chi connectivity index (χ3n) is 4.65. The maximum atomic E-state index is 12.5. The number of carbonyl (C=O) groups is 1. The summed E-state index contributed by atoms with van der Waals surface area (Å²) in [6.07, 6.45) is 0. The average molecular weight is 475 g/mol. The van der Waals surface area contributed by atoms with E-state index < -0.39 is 10.0 Å². The Bertz CT molecular complexity index is 1180. The molecular weight excluding hydrogens is 452 g/mol. The number of carbonyl (C=O) groups excluding carboxylic acids is 1. The van der Waals surface area contributed by atoms with Gasteiger partial charge in [0.05, 0.1) is 10.1 Å². The monoisotopic (exact) mass is 474 g/mol. The maximum absolute atomic E-state index is 12.5. The highest BCUT2D eigenvalue weighted by Crippen LogP contribution is 2.28. The molecule has 8 heteroatoms. The van der Waals surface area contributed by atoms with E-state index >= 15 is 0 Å². The van der Waals surface area contributed by atoms with Crippen LogP contribution < -0.4 is 10.0 Å². The largest absolute Gasteiger partial charge is 0.325 e. The van der Waals surface area contributed by atoms with Crippen LogP contribution in [0.4, 0.5) is 11.4 Å². The zero-order chi connectivity index (χ0) is 22.6. The molecule has 1 amide bonds. The number of rotatable bonds is 7. The number of amides is 1. The molecule has 0 bridgehead atoms. The van der Waals surface area contributed by atoms with Crippen LogP contribution in [0.1, 0.15) is 18.1 Å². The molecule has 0 aliphatic rings. The molecule has 162 valence electrons. The molecule has 0 heterocycles. The minimum Gasteiger partial charge on any atom is -0.325 e. The summed E-state index contributed by atoms with van der Waals surface area (Å²) in [6, 6.07) is 19.0. The zero-order valence-corrected chi connectivity index (χ0v) is 19.7. The molecule has 3 rings (SSSR count). The molecular formula is C23H23ClN2O3S2. The highest BCUT2D eigenvalue weighted by Gasteiger charge is 2.17. The fourth-order valence-corrected chi connectivity index (χ4v) is 4.87. The first-order valence-electron chi connectivity index (χ1n) is 9.58. The van der Waals surface area contributed by atoms with Crippen LogP contribution in [0.3, 0.4) is 0 Å². The molecule has 2 N–H and O–H groups in total. The van der Waals surface area contributed by atoms with Crippen LogP contribution in [-0.4, -0.2) is 19.6 Å². The van der Waals surface area contributed by atoms with Gasteiger partial charge < -0.3 is 5.32 Å². The number of hydrogen-bond donors (Lipinski definition) is 2. The smallest absolute Gasteiger partial charge is 0.261 e. The summed E-state index contributed by atoms with van der Waals surface area (Å²) in [5.41, 5.74) is 2.95. The molecule has 1 unspecified atom stereocenters. The van der Waals surface area contributed by atoms with Crippen molar-refractivity contribution in [2.24, 2.45) is 0 Å². The fourth-order valence-electron chi connectivity index (χ4n) is 2.77. The molecule has 1 atom stereocenters. The van der Waals surface area contributed by atoms with Crippen molar-refractivity contribution in [1.82, 2.24) is 0 Å². The van der Waals surface area contributed by atoms with Gasteiger partial charge in [0, 0.05) is 21.3 Å². The Balaban J connectivity index is 1.62. The van der Waals surface area contributed by atoms with Gasteiger partial charge in [-0.1, -0.05) is 35.4 Å². The summed E-state index contributed by atoms with van der Waals surface area (Å²) in [5.74, 6) is -0.139. The van der Waals surface area contributed by atoms with Crippen LogP contribution in [0.5, 0.6) is 0 Å². The molecule has 0 aliphatic carbocycles. The van der Waals surface area contributed by atoms with Crippen LogP contribution >= 0.6 is 23.4 Å². The number of halogens is 1. The van der Waals surface area contributed by atoms with Crippen LogP contribution in [0.25, 0.3) is 0 Å². The van der Waals surface area contributed by atoms with Crippen molar-refractivity contribution in [3.63, 3.8) is 0 Å². The minimum absolute atomic E-state index is 0.139. The van der Waals surface area contributed by atoms with Crippen molar-refractivity contribution in [1.29, 1.82) is 0 Å². The van der Waals surface area contributed by atoms with E-state index in [4.69, 9.17) is 11.6 Å². The Hall–Kier alpha value is -2.48. The van der Waals surface area contributed by atoms with Crippen LogP contribution in [0, 0.1) is 13.8 Å². The molecule has 0 radical (unpaired) electrons. The van der Waals surface area contributed by atoms with Gasteiger partial charge in [-0.25, -0.2) is 8.42 Å². The lowest BCUT2D eigenvalue weighted by Crippen LogP contribution is -2.22. The van der Waals surface area contributed by atoms with Crippen molar-refractivity contribution in [3.8, 4) is 0 Å². The third-order valence-corrected chi connectivity index (χ3v) is 7.56. The summed E-state index contributed by atoms with van der Waals surface area (Å²) in [7, 11) is -3.65. The van der Waals surface area contributed by atoms with Gasteiger partial charge in [-0.05, 0) is 74.9 Å². The van der Waals surface area contributed by atoms with Gasteiger partial charge in [-0.3, -0.25) is 9.52 Å². The van der Waals surface area contributed by atoms with Crippen LogP contribution in [0.15, 0.2) is 76.5 Å². The normalized spacial score (nSPS) is 12.3. The molecule has 0 aliphatic heterocycles. The van der Waals surface area contributed by atoms with E-state index in [1.165, 1.54) is 11.8 Å². The summed E-state index contributed by atoms with van der Waals surface area (Å²) in [5, 5.41) is 3.15. The van der Waals surface area contributed by atoms with Crippen LogP contribution in [-0.2, 0) is 14.8 Å². The number of nitrogens with one attached hydrogen (secondary N) is 2. The van der Waals surface area contributed by atoms with Crippen molar-refractivity contribution in [2.75, 3.05) is 10.0 Å². The second-order valence-electron chi connectivity index (χ2n) is 7.10. The predicted molar refractivity (Wildman–Crippen MR) is 129 cm³/mol. The van der Waals surface area contributed by atoms with E-state index in [1.54, 1.807) is 60.7 Å². The standard InChI is InChI=1S/C23H23ClN2O3S2/c1-15-7-13-20(14-8-15)31(28,29)26-18-9-11-19(12-10-18)30-17(3)23(27)25-22-6-4-5-21(24)16(22)2/h4-14,17,26H,1-3H3,(H,25,27). The number of aryl methyl sites for hydroxylation is 1. The van der Waals surface area contributed by atoms with Crippen molar-refractivity contribution in [3.05, 3.63) is 82.9 Å². The van der Waals surface area contributed by atoms with E-state index in [0.717, 1.165) is 16.0 Å². The Morgan fingerprint density at radius 1 is 0.968 bits per heavy atom. The molecule has 31 heavy (non-hydrogen) atoms. The fraction of sp³-hybridized carbons (Fsp3) is 0.174. The van der Waals surface area contributed by atoms with E-state index in [1.807, 2.05) is 26.8 Å². The van der Waals surface area contributed by atoms with Gasteiger partial charge >= 0.3 is 0 Å². The third kappa shape index (κ3) is 6.03. The van der Waals surface area contributed by atoms with Crippen LogP contribution in [0.2, 0.25) is 5.02 Å². The number of hydrogen-bond acceptors (Lipinski definition) is 4. The second kappa shape index (κ2) is 9.77. The molecule has 0 saturated carbocycles. The topological polar surface area (TPSA) is 75.3 Å². The van der Waals surface area contributed by atoms with Gasteiger partial charge in [0.25, 0.3) is 10.0 Å². The molecule has 3 aromatic rings. The van der Waals surface area contributed by atoms with Gasteiger partial charge in [-0.15, -0.1) is 11.8 Å². The summed E-state index contributed by atoms with van der Waals surface area (Å²) in [4.78, 5) is 13.6. The highest BCUT2D eigenvalue weighted by molar-refractivity contribution is 8.00.